The molecule has 0 bridgehead atoms. The molecule has 0 aromatic carbocycles. The Hall–Kier alpha value is -1.20. The average Bonchev–Trinajstić information content (AvgIpc) is 1.93. The number of alkyl halides is 9. The normalized spacial score (nSPS) is 14.6. The second-order valence-corrected chi connectivity index (χ2v) is 2.75. The summed E-state index contributed by atoms with van der Waals surface area (Å²) in [4.78, 5) is 10.2. The molecule has 0 aromatic rings. The highest BCUT2D eigenvalue weighted by Gasteiger charge is 2.79. The number of rotatable bonds is 2. The smallest absolute Gasteiger partial charge is 0.416 e. The summed E-state index contributed by atoms with van der Waals surface area (Å²) in [7, 11) is 0. The highest BCUT2D eigenvalue weighted by molar-refractivity contribution is 5.66. The maximum Gasteiger partial charge on any atom is 0.526 e. The lowest BCUT2D eigenvalue weighted by Crippen LogP contribution is -2.63. The van der Waals surface area contributed by atoms with Gasteiger partial charge in [0.25, 0.3) is 0 Å². The topological polar surface area (TPSA) is 35.5 Å². The molecule has 0 N–H and O–H groups in total. The van der Waals surface area contributed by atoms with Crippen LogP contribution in [0.15, 0.2) is 0 Å². The van der Waals surface area contributed by atoms with E-state index >= 15 is 0 Å². The van der Waals surface area contributed by atoms with Gasteiger partial charge in [-0.3, -0.25) is 4.79 Å². The summed E-state index contributed by atoms with van der Waals surface area (Å²) in [6, 6.07) is 0. The van der Waals surface area contributed by atoms with Gasteiger partial charge < -0.3 is 4.74 Å². The third kappa shape index (κ3) is 3.65. The molecule has 3 nitrogen and oxygen atoms in total. The van der Waals surface area contributed by atoms with Crippen molar-refractivity contribution in [3.8, 4) is 0 Å². The zero-order chi connectivity index (χ0) is 15.0. The standard InChI is InChI=1S/C6H3F9O3/c1-2(16)17-3(4(7,8)9,5(10,11)12)18-6(13,14)15/h1H3. The molecule has 0 aliphatic rings. The number of carbonyl (C=O) groups excluding carboxylic acids is 1. The quantitative estimate of drug-likeness (QED) is 0.446. The molecule has 0 fully saturated rings. The Labute approximate surface area is 92.4 Å². The summed E-state index contributed by atoms with van der Waals surface area (Å²) in [5, 5.41) is 0. The van der Waals surface area contributed by atoms with Crippen LogP contribution < -0.4 is 0 Å². The van der Waals surface area contributed by atoms with Crippen molar-refractivity contribution < 1.29 is 53.8 Å². The van der Waals surface area contributed by atoms with Gasteiger partial charge in [0.05, 0.1) is 0 Å². The van der Waals surface area contributed by atoms with Crippen LogP contribution in [0.5, 0.6) is 0 Å². The van der Waals surface area contributed by atoms with E-state index in [9.17, 15) is 44.3 Å². The molecule has 0 unspecified atom stereocenters. The van der Waals surface area contributed by atoms with Gasteiger partial charge in [0.1, 0.15) is 0 Å². The average molecular weight is 294 g/mol. The Kier molecular flexibility index (Phi) is 4.18. The Morgan fingerprint density at radius 2 is 1.17 bits per heavy atom. The van der Waals surface area contributed by atoms with Crippen molar-refractivity contribution in [2.24, 2.45) is 0 Å². The molecule has 108 valence electrons. The van der Waals surface area contributed by atoms with Crippen molar-refractivity contribution in [2.45, 2.75) is 31.4 Å². The van der Waals surface area contributed by atoms with Gasteiger partial charge in [0, 0.05) is 6.92 Å². The summed E-state index contributed by atoms with van der Waals surface area (Å²) in [5.74, 6) is -8.35. The fourth-order valence-corrected chi connectivity index (χ4v) is 0.778. The zero-order valence-electron chi connectivity index (χ0n) is 8.13. The molecule has 12 heteroatoms. The Bertz CT molecular complexity index is 298. The first-order valence-electron chi connectivity index (χ1n) is 3.72. The molecule has 0 saturated heterocycles. The van der Waals surface area contributed by atoms with Gasteiger partial charge in [-0.15, -0.1) is 13.2 Å². The molecule has 0 radical (unpaired) electrons. The van der Waals surface area contributed by atoms with Crippen molar-refractivity contribution in [3.63, 3.8) is 0 Å². The number of esters is 1. The molecule has 0 saturated carbocycles. The molecule has 0 rings (SSSR count). The maximum atomic E-state index is 12.1. The molecule has 0 aromatic heterocycles. The number of hydrogen-bond donors (Lipinski definition) is 0. The molecule has 0 aliphatic heterocycles. The summed E-state index contributed by atoms with van der Waals surface area (Å²) in [6.07, 6.45) is -19.7. The van der Waals surface area contributed by atoms with Gasteiger partial charge in [0.15, 0.2) is 0 Å². The maximum absolute atomic E-state index is 12.1. The van der Waals surface area contributed by atoms with Crippen LogP contribution >= 0.6 is 0 Å². The van der Waals surface area contributed by atoms with E-state index in [-0.39, 0.29) is 6.92 Å². The Balaban J connectivity index is 5.81. The summed E-state index contributed by atoms with van der Waals surface area (Å²) in [5.41, 5.74) is 0. The van der Waals surface area contributed by atoms with E-state index in [2.05, 4.69) is 4.74 Å². The first-order chi connectivity index (χ1) is 7.62. The third-order valence-corrected chi connectivity index (χ3v) is 1.29. The van der Waals surface area contributed by atoms with Gasteiger partial charge in [-0.2, -0.15) is 26.3 Å². The lowest BCUT2D eigenvalue weighted by atomic mass is 10.2. The van der Waals surface area contributed by atoms with Crippen molar-refractivity contribution in [2.75, 3.05) is 0 Å². The van der Waals surface area contributed by atoms with E-state index in [1.54, 1.807) is 0 Å². The minimum absolute atomic E-state index is 0.0615. The second kappa shape index (κ2) is 4.48. The molecule has 0 spiro atoms. The van der Waals surface area contributed by atoms with E-state index in [1.807, 2.05) is 4.74 Å². The Morgan fingerprint density at radius 3 is 1.33 bits per heavy atom. The number of halogens is 9. The number of ether oxygens (including phenoxy) is 2. The van der Waals surface area contributed by atoms with Crippen LogP contribution in [-0.2, 0) is 14.3 Å². The van der Waals surface area contributed by atoms with Crippen LogP contribution in [0.25, 0.3) is 0 Å². The van der Waals surface area contributed by atoms with E-state index in [4.69, 9.17) is 0 Å². The molecule has 18 heavy (non-hydrogen) atoms. The Morgan fingerprint density at radius 1 is 0.833 bits per heavy atom. The first-order valence-corrected chi connectivity index (χ1v) is 3.72. The fourth-order valence-electron chi connectivity index (χ4n) is 0.778. The molecule has 0 heterocycles. The van der Waals surface area contributed by atoms with Gasteiger partial charge in [0.2, 0.25) is 0 Å². The molecule has 0 atom stereocenters. The van der Waals surface area contributed by atoms with Gasteiger partial charge in [-0.05, 0) is 0 Å². The molecule has 0 amide bonds. The van der Waals surface area contributed by atoms with Crippen LogP contribution in [0.2, 0.25) is 0 Å². The highest BCUT2D eigenvalue weighted by atomic mass is 19.4. The van der Waals surface area contributed by atoms with Crippen LogP contribution in [0.4, 0.5) is 39.5 Å². The van der Waals surface area contributed by atoms with E-state index in [0.29, 0.717) is 0 Å². The second-order valence-electron chi connectivity index (χ2n) is 2.75. The van der Waals surface area contributed by atoms with Gasteiger partial charge in [-0.1, -0.05) is 0 Å². The lowest BCUT2D eigenvalue weighted by molar-refractivity contribution is -0.521. The van der Waals surface area contributed by atoms with Crippen LogP contribution in [0.3, 0.4) is 0 Å². The SMILES string of the molecule is CC(=O)OC(OC(F)(F)F)(C(F)(F)F)C(F)(F)F. The third-order valence-electron chi connectivity index (χ3n) is 1.29. The highest BCUT2D eigenvalue weighted by Crippen LogP contribution is 2.49. The van der Waals surface area contributed by atoms with E-state index in [0.717, 1.165) is 0 Å². The van der Waals surface area contributed by atoms with Crippen molar-refractivity contribution in [1.29, 1.82) is 0 Å². The van der Waals surface area contributed by atoms with Gasteiger partial charge in [-0.25, -0.2) is 4.74 Å². The largest absolute Gasteiger partial charge is 0.526 e. The minimum Gasteiger partial charge on any atom is -0.416 e. The van der Waals surface area contributed by atoms with Gasteiger partial charge >= 0.3 is 30.5 Å². The minimum atomic E-state index is -6.67. The van der Waals surface area contributed by atoms with E-state index in [1.165, 1.54) is 0 Å². The molecular formula is C6H3F9O3. The van der Waals surface area contributed by atoms with Crippen LogP contribution in [0, 0.1) is 0 Å². The summed E-state index contributed by atoms with van der Waals surface area (Å²) < 4.78 is 112. The summed E-state index contributed by atoms with van der Waals surface area (Å²) in [6.45, 7) is 0.0615. The van der Waals surface area contributed by atoms with Crippen molar-refractivity contribution in [3.05, 3.63) is 0 Å². The monoisotopic (exact) mass is 294 g/mol. The van der Waals surface area contributed by atoms with E-state index < -0.39 is 30.5 Å². The van der Waals surface area contributed by atoms with Crippen molar-refractivity contribution in [1.82, 2.24) is 0 Å². The predicted octanol–water partition coefficient (Wildman–Crippen LogP) is 2.91. The number of hydrogen-bond acceptors (Lipinski definition) is 3. The fraction of sp³-hybridized carbons (Fsp3) is 0.833. The zero-order valence-corrected chi connectivity index (χ0v) is 8.13. The first kappa shape index (κ1) is 16.8. The van der Waals surface area contributed by atoms with Crippen molar-refractivity contribution >= 4 is 5.97 Å². The van der Waals surface area contributed by atoms with Crippen LogP contribution in [0.1, 0.15) is 6.92 Å². The molecular weight excluding hydrogens is 291 g/mol. The molecule has 0 aliphatic carbocycles. The predicted molar refractivity (Wildman–Crippen MR) is 33.7 cm³/mol. The van der Waals surface area contributed by atoms with Crippen LogP contribution in [-0.4, -0.2) is 30.5 Å². The lowest BCUT2D eigenvalue weighted by Gasteiger charge is -2.35. The summed E-state index contributed by atoms with van der Waals surface area (Å²) >= 11 is 0. The number of carbonyl (C=O) groups is 1.